The Balaban J connectivity index is 2.37. The van der Waals surface area contributed by atoms with Gasteiger partial charge in [-0.3, -0.25) is 0 Å². The van der Waals surface area contributed by atoms with E-state index in [4.69, 9.17) is 11.6 Å². The number of allylic oxidation sites excluding steroid dienone is 1. The molecule has 3 aliphatic carbocycles. The van der Waals surface area contributed by atoms with Crippen LogP contribution in [0.3, 0.4) is 0 Å². The summed E-state index contributed by atoms with van der Waals surface area (Å²) < 4.78 is 0. The van der Waals surface area contributed by atoms with Gasteiger partial charge in [0, 0.05) is 5.88 Å². The smallest absolute Gasteiger partial charge is 0.0263 e. The molecule has 0 N–H and O–H groups in total. The van der Waals surface area contributed by atoms with Gasteiger partial charge in [0.2, 0.25) is 0 Å². The van der Waals surface area contributed by atoms with Crippen molar-refractivity contribution in [2.75, 3.05) is 5.88 Å². The lowest BCUT2D eigenvalue weighted by Crippen LogP contribution is -2.48. The number of hydrogen-bond donors (Lipinski definition) is 0. The van der Waals surface area contributed by atoms with E-state index in [2.05, 4.69) is 34.3 Å². The van der Waals surface area contributed by atoms with Crippen molar-refractivity contribution >= 4 is 11.6 Å². The molecule has 4 atom stereocenters. The molecule has 0 heterocycles. The fourth-order valence-electron chi connectivity index (χ4n) is 4.10. The van der Waals surface area contributed by atoms with Crippen LogP contribution >= 0.6 is 11.6 Å². The first-order chi connectivity index (χ1) is 6.36. The predicted molar refractivity (Wildman–Crippen MR) is 62.5 cm³/mol. The summed E-state index contributed by atoms with van der Waals surface area (Å²) in [4.78, 5) is 0. The van der Waals surface area contributed by atoms with Crippen molar-refractivity contribution in [3.05, 3.63) is 12.2 Å². The molecule has 1 heteroatoms. The second kappa shape index (κ2) is 2.78. The highest BCUT2D eigenvalue weighted by molar-refractivity contribution is 6.18. The van der Waals surface area contributed by atoms with E-state index in [0.29, 0.717) is 22.7 Å². The van der Waals surface area contributed by atoms with Crippen molar-refractivity contribution < 1.29 is 0 Å². The Bertz CT molecular complexity index is 279. The van der Waals surface area contributed by atoms with Crippen molar-refractivity contribution in [3.63, 3.8) is 0 Å². The summed E-state index contributed by atoms with van der Waals surface area (Å²) in [5.41, 5.74) is 2.27. The lowest BCUT2D eigenvalue weighted by atomic mass is 9.50. The molecule has 3 rings (SSSR count). The highest BCUT2D eigenvalue weighted by atomic mass is 35.5. The molecular formula is C13H21Cl. The van der Waals surface area contributed by atoms with E-state index in [9.17, 15) is 0 Å². The molecule has 3 aliphatic rings. The van der Waals surface area contributed by atoms with Gasteiger partial charge >= 0.3 is 0 Å². The van der Waals surface area contributed by atoms with Gasteiger partial charge in [-0.15, -0.1) is 11.6 Å². The molecule has 0 aromatic carbocycles. The quantitative estimate of drug-likeness (QED) is 0.478. The fourth-order valence-corrected chi connectivity index (χ4v) is 4.63. The Labute approximate surface area is 92.7 Å². The van der Waals surface area contributed by atoms with Gasteiger partial charge < -0.3 is 0 Å². The van der Waals surface area contributed by atoms with Gasteiger partial charge in [0.25, 0.3) is 0 Å². The molecule has 0 amide bonds. The van der Waals surface area contributed by atoms with Gasteiger partial charge in [0.1, 0.15) is 0 Å². The van der Waals surface area contributed by atoms with Crippen LogP contribution in [0, 0.1) is 28.6 Å². The minimum Gasteiger partial charge on any atom is -0.126 e. The monoisotopic (exact) mass is 212 g/mol. The van der Waals surface area contributed by atoms with Gasteiger partial charge in [0.05, 0.1) is 0 Å². The van der Waals surface area contributed by atoms with Crippen LogP contribution in [0.4, 0.5) is 0 Å². The van der Waals surface area contributed by atoms with Gasteiger partial charge in [-0.05, 0) is 41.9 Å². The van der Waals surface area contributed by atoms with Crippen LogP contribution in [0.1, 0.15) is 34.1 Å². The molecule has 14 heavy (non-hydrogen) atoms. The van der Waals surface area contributed by atoms with Crippen molar-refractivity contribution in [3.8, 4) is 0 Å². The maximum atomic E-state index is 6.14. The Morgan fingerprint density at radius 1 is 1.43 bits per heavy atom. The average Bonchev–Trinajstić information content (AvgIpc) is 2.49. The normalized spacial score (nSPS) is 48.8. The Kier molecular flexibility index (Phi) is 2.10. The second-order valence-corrected chi connectivity index (χ2v) is 6.39. The molecule has 0 nitrogen and oxygen atoms in total. The average molecular weight is 213 g/mol. The topological polar surface area (TPSA) is 0 Å². The van der Waals surface area contributed by atoms with E-state index in [1.165, 1.54) is 12.0 Å². The van der Waals surface area contributed by atoms with Gasteiger partial charge in [0.15, 0.2) is 0 Å². The number of halogens is 1. The first-order valence-electron chi connectivity index (χ1n) is 5.57. The van der Waals surface area contributed by atoms with Crippen LogP contribution in [0.5, 0.6) is 0 Å². The molecule has 0 aromatic heterocycles. The summed E-state index contributed by atoms with van der Waals surface area (Å²) in [6.07, 6.45) is 1.36. The van der Waals surface area contributed by atoms with Crippen molar-refractivity contribution in [1.82, 2.24) is 0 Å². The summed E-state index contributed by atoms with van der Waals surface area (Å²) in [7, 11) is 0. The summed E-state index contributed by atoms with van der Waals surface area (Å²) in [6.45, 7) is 13.6. The van der Waals surface area contributed by atoms with E-state index in [-0.39, 0.29) is 0 Å². The van der Waals surface area contributed by atoms with Gasteiger partial charge in [-0.2, -0.15) is 0 Å². The number of fused-ring (bicyclic) bond motifs is 1. The highest BCUT2D eigenvalue weighted by Crippen LogP contribution is 2.76. The molecule has 0 aliphatic heterocycles. The lowest BCUT2D eigenvalue weighted by molar-refractivity contribution is -0.0575. The maximum absolute atomic E-state index is 6.14. The van der Waals surface area contributed by atoms with Crippen LogP contribution in [-0.2, 0) is 0 Å². The predicted octanol–water partition coefficient (Wildman–Crippen LogP) is 4.10. The molecule has 3 fully saturated rings. The third-order valence-electron chi connectivity index (χ3n) is 5.46. The summed E-state index contributed by atoms with van der Waals surface area (Å²) in [6, 6.07) is 0. The van der Waals surface area contributed by atoms with Gasteiger partial charge in [-0.1, -0.05) is 32.9 Å². The Morgan fingerprint density at radius 3 is 2.29 bits per heavy atom. The molecule has 2 bridgehead atoms. The number of rotatable bonds is 2. The molecule has 0 radical (unpaired) electrons. The standard InChI is InChI=1S/C13H21Cl/c1-8(2)11-9-6-13(5,10(11)7-14)12(9,3)4/h9-11H,1,6-7H2,2-5H3. The van der Waals surface area contributed by atoms with Gasteiger partial charge in [-0.25, -0.2) is 0 Å². The minimum atomic E-state index is 0.461. The van der Waals surface area contributed by atoms with E-state index in [0.717, 1.165) is 11.8 Å². The van der Waals surface area contributed by atoms with Crippen LogP contribution in [0.2, 0.25) is 0 Å². The molecule has 4 unspecified atom stereocenters. The zero-order chi connectivity index (χ0) is 10.7. The largest absolute Gasteiger partial charge is 0.126 e. The van der Waals surface area contributed by atoms with E-state index >= 15 is 0 Å². The molecule has 3 saturated carbocycles. The van der Waals surface area contributed by atoms with Crippen molar-refractivity contribution in [2.24, 2.45) is 28.6 Å². The third-order valence-corrected chi connectivity index (χ3v) is 5.80. The minimum absolute atomic E-state index is 0.461. The molecular weight excluding hydrogens is 192 g/mol. The Morgan fingerprint density at radius 2 is 2.00 bits per heavy atom. The van der Waals surface area contributed by atoms with E-state index in [1.54, 1.807) is 0 Å². The molecule has 0 spiro atoms. The summed E-state index contributed by atoms with van der Waals surface area (Å²) >= 11 is 6.14. The van der Waals surface area contributed by atoms with Crippen molar-refractivity contribution in [2.45, 2.75) is 34.1 Å². The zero-order valence-electron chi connectivity index (χ0n) is 9.73. The Hall–Kier alpha value is 0.0300. The fraction of sp³-hybridized carbons (Fsp3) is 0.846. The van der Waals surface area contributed by atoms with Crippen LogP contribution in [0.25, 0.3) is 0 Å². The lowest BCUT2D eigenvalue weighted by Gasteiger charge is -2.54. The number of hydrogen-bond acceptors (Lipinski definition) is 0. The van der Waals surface area contributed by atoms with Crippen LogP contribution in [-0.4, -0.2) is 5.88 Å². The first-order valence-corrected chi connectivity index (χ1v) is 6.11. The summed E-state index contributed by atoms with van der Waals surface area (Å²) in [5.74, 6) is 2.96. The third kappa shape index (κ3) is 0.913. The molecule has 0 aromatic rings. The molecule has 80 valence electrons. The maximum Gasteiger partial charge on any atom is 0.0263 e. The second-order valence-electron chi connectivity index (χ2n) is 6.08. The highest BCUT2D eigenvalue weighted by Gasteiger charge is 2.70. The number of alkyl halides is 1. The first kappa shape index (κ1) is 10.5. The van der Waals surface area contributed by atoms with E-state index < -0.39 is 0 Å². The SMILES string of the molecule is C=C(C)C1C2CC(C)(C1CCl)C2(C)C. The summed E-state index contributed by atoms with van der Waals surface area (Å²) in [5, 5.41) is 0. The van der Waals surface area contributed by atoms with Crippen molar-refractivity contribution in [1.29, 1.82) is 0 Å². The molecule has 0 saturated heterocycles. The van der Waals surface area contributed by atoms with E-state index in [1.807, 2.05) is 0 Å². The van der Waals surface area contributed by atoms with Crippen LogP contribution in [0.15, 0.2) is 12.2 Å². The van der Waals surface area contributed by atoms with Crippen LogP contribution < -0.4 is 0 Å². The zero-order valence-corrected chi connectivity index (χ0v) is 10.5.